The van der Waals surface area contributed by atoms with Gasteiger partial charge in [0.2, 0.25) is 0 Å². The third-order valence-electron chi connectivity index (χ3n) is 3.69. The zero-order valence-electron chi connectivity index (χ0n) is 13.0. The molecule has 1 aromatic carbocycles. The summed E-state index contributed by atoms with van der Waals surface area (Å²) in [5, 5.41) is 5.99. The lowest BCUT2D eigenvalue weighted by Gasteiger charge is -2.18. The van der Waals surface area contributed by atoms with Crippen LogP contribution in [0.4, 0.5) is 10.5 Å². The Morgan fingerprint density at radius 3 is 2.48 bits per heavy atom. The predicted molar refractivity (Wildman–Crippen MR) is 85.9 cm³/mol. The molecule has 0 saturated heterocycles. The van der Waals surface area contributed by atoms with Crippen LogP contribution in [0.15, 0.2) is 24.3 Å². The molecule has 2 N–H and O–H groups in total. The largest absolute Gasteiger partial charge is 0.489 e. The molecule has 0 unspecified atom stereocenters. The van der Waals surface area contributed by atoms with Gasteiger partial charge in [0.15, 0.2) is 0 Å². The number of urea groups is 1. The van der Waals surface area contributed by atoms with Crippen LogP contribution in [0.3, 0.4) is 0 Å². The van der Waals surface area contributed by atoms with Crippen molar-refractivity contribution in [1.82, 2.24) is 5.32 Å². The second kappa shape index (κ2) is 7.91. The molecule has 0 spiro atoms. The van der Waals surface area contributed by atoms with Crippen molar-refractivity contribution >= 4 is 11.7 Å². The zero-order valence-corrected chi connectivity index (χ0v) is 13.0. The summed E-state index contributed by atoms with van der Waals surface area (Å²) in [4.78, 5) is 12.2. The molecule has 2 amide bonds. The van der Waals surface area contributed by atoms with Gasteiger partial charge < -0.3 is 15.4 Å². The highest BCUT2D eigenvalue weighted by atomic mass is 16.5. The van der Waals surface area contributed by atoms with E-state index in [1.165, 1.54) is 25.7 Å². The molecule has 4 heteroatoms. The first-order valence-corrected chi connectivity index (χ1v) is 7.98. The van der Waals surface area contributed by atoms with Gasteiger partial charge in [-0.15, -0.1) is 0 Å². The number of hydrogen-bond donors (Lipinski definition) is 2. The highest BCUT2D eigenvalue weighted by Crippen LogP contribution is 2.25. The van der Waals surface area contributed by atoms with Gasteiger partial charge in [-0.25, -0.2) is 4.79 Å². The molecule has 1 aliphatic carbocycles. The van der Waals surface area contributed by atoms with Crippen LogP contribution in [-0.2, 0) is 0 Å². The van der Waals surface area contributed by atoms with Gasteiger partial charge in [-0.2, -0.15) is 0 Å². The summed E-state index contributed by atoms with van der Waals surface area (Å²) >= 11 is 0. The molecular formula is C17H26N2O2. The minimum absolute atomic E-state index is 0.0814. The van der Waals surface area contributed by atoms with E-state index in [-0.39, 0.29) is 12.1 Å². The predicted octanol–water partition coefficient (Wildman–Crippen LogP) is 4.32. The van der Waals surface area contributed by atoms with Crippen molar-refractivity contribution in [3.8, 4) is 5.75 Å². The minimum Gasteiger partial charge on any atom is -0.489 e. The number of rotatable bonds is 4. The van der Waals surface area contributed by atoms with Crippen LogP contribution in [-0.4, -0.2) is 18.2 Å². The van der Waals surface area contributed by atoms with E-state index in [2.05, 4.69) is 10.6 Å². The van der Waals surface area contributed by atoms with Crippen LogP contribution in [0.2, 0.25) is 0 Å². The highest BCUT2D eigenvalue weighted by molar-refractivity contribution is 5.91. The maximum absolute atomic E-state index is 12.2. The first kappa shape index (κ1) is 15.7. The molecule has 0 bridgehead atoms. The Labute approximate surface area is 127 Å². The summed E-state index contributed by atoms with van der Waals surface area (Å²) in [6.07, 6.45) is 7.22. The maximum atomic E-state index is 12.2. The van der Waals surface area contributed by atoms with Gasteiger partial charge in [0, 0.05) is 6.04 Å². The summed E-state index contributed by atoms with van der Waals surface area (Å²) in [7, 11) is 0. The molecule has 0 aromatic heterocycles. The number of carbonyl (C=O) groups excluding carboxylic acids is 1. The smallest absolute Gasteiger partial charge is 0.319 e. The van der Waals surface area contributed by atoms with Crippen LogP contribution in [0.25, 0.3) is 0 Å². The molecule has 0 atom stereocenters. The van der Waals surface area contributed by atoms with E-state index in [0.29, 0.717) is 11.8 Å². The number of nitrogens with one attached hydrogen (secondary N) is 2. The first-order valence-electron chi connectivity index (χ1n) is 7.98. The van der Waals surface area contributed by atoms with E-state index in [0.717, 1.165) is 18.5 Å². The maximum Gasteiger partial charge on any atom is 0.319 e. The number of amides is 2. The molecule has 21 heavy (non-hydrogen) atoms. The summed E-state index contributed by atoms with van der Waals surface area (Å²) in [5.41, 5.74) is 0.720. The average Bonchev–Trinajstić information content (AvgIpc) is 2.69. The van der Waals surface area contributed by atoms with Gasteiger partial charge in [0.05, 0.1) is 11.8 Å². The average molecular weight is 290 g/mol. The Morgan fingerprint density at radius 2 is 1.81 bits per heavy atom. The Hall–Kier alpha value is -1.71. The fourth-order valence-corrected chi connectivity index (χ4v) is 2.69. The highest BCUT2D eigenvalue weighted by Gasteiger charge is 2.15. The second-order valence-electron chi connectivity index (χ2n) is 5.95. The monoisotopic (exact) mass is 290 g/mol. The van der Waals surface area contributed by atoms with Crippen molar-refractivity contribution < 1.29 is 9.53 Å². The number of hydrogen-bond acceptors (Lipinski definition) is 2. The SMILES string of the molecule is CC(C)Oc1ccccc1NC(=O)NC1CCCCCC1. The molecule has 0 heterocycles. The van der Waals surface area contributed by atoms with Gasteiger partial charge in [0.25, 0.3) is 0 Å². The number of anilines is 1. The van der Waals surface area contributed by atoms with Gasteiger partial charge >= 0.3 is 6.03 Å². The normalized spacial score (nSPS) is 16.3. The first-order chi connectivity index (χ1) is 10.1. The van der Waals surface area contributed by atoms with Crippen molar-refractivity contribution in [2.75, 3.05) is 5.32 Å². The van der Waals surface area contributed by atoms with Crippen LogP contribution in [0.1, 0.15) is 52.4 Å². The quantitative estimate of drug-likeness (QED) is 0.811. The van der Waals surface area contributed by atoms with E-state index in [1.54, 1.807) is 0 Å². The van der Waals surface area contributed by atoms with Gasteiger partial charge in [-0.05, 0) is 38.8 Å². The fraction of sp³-hybridized carbons (Fsp3) is 0.588. The Morgan fingerprint density at radius 1 is 1.14 bits per heavy atom. The van der Waals surface area contributed by atoms with Crippen molar-refractivity contribution in [3.05, 3.63) is 24.3 Å². The zero-order chi connectivity index (χ0) is 15.1. The molecule has 0 radical (unpaired) electrons. The van der Waals surface area contributed by atoms with Gasteiger partial charge in [0.1, 0.15) is 5.75 Å². The lowest BCUT2D eigenvalue weighted by Crippen LogP contribution is -2.37. The molecular weight excluding hydrogens is 264 g/mol. The van der Waals surface area contributed by atoms with Crippen LogP contribution < -0.4 is 15.4 Å². The summed E-state index contributed by atoms with van der Waals surface area (Å²) in [6, 6.07) is 7.71. The van der Waals surface area contributed by atoms with Crippen LogP contribution in [0, 0.1) is 0 Å². The van der Waals surface area contributed by atoms with Gasteiger partial charge in [-0.1, -0.05) is 37.8 Å². The standard InChI is InChI=1S/C17H26N2O2/c1-13(2)21-16-12-8-7-11-15(16)19-17(20)18-14-9-5-3-4-6-10-14/h7-8,11-14H,3-6,9-10H2,1-2H3,(H2,18,19,20). The van der Waals surface area contributed by atoms with Crippen LogP contribution >= 0.6 is 0 Å². The number of ether oxygens (including phenoxy) is 1. The van der Waals surface area contributed by atoms with E-state index in [1.807, 2.05) is 38.1 Å². The number of carbonyl (C=O) groups is 1. The summed E-state index contributed by atoms with van der Waals surface area (Å²) in [5.74, 6) is 0.712. The summed E-state index contributed by atoms with van der Waals surface area (Å²) in [6.45, 7) is 3.95. The Bertz CT molecular complexity index is 452. The third-order valence-corrected chi connectivity index (χ3v) is 3.69. The van der Waals surface area contributed by atoms with E-state index >= 15 is 0 Å². The third kappa shape index (κ3) is 5.29. The minimum atomic E-state index is -0.137. The lowest BCUT2D eigenvalue weighted by atomic mass is 10.1. The van der Waals surface area contributed by atoms with Crippen molar-refractivity contribution in [2.45, 2.75) is 64.5 Å². The van der Waals surface area contributed by atoms with E-state index in [9.17, 15) is 4.79 Å². The molecule has 0 aliphatic heterocycles. The molecule has 1 saturated carbocycles. The van der Waals surface area contributed by atoms with Crippen molar-refractivity contribution in [3.63, 3.8) is 0 Å². The molecule has 4 nitrogen and oxygen atoms in total. The molecule has 116 valence electrons. The second-order valence-corrected chi connectivity index (χ2v) is 5.95. The molecule has 2 rings (SSSR count). The Kier molecular flexibility index (Phi) is 5.90. The number of para-hydroxylation sites is 2. The fourth-order valence-electron chi connectivity index (χ4n) is 2.69. The van der Waals surface area contributed by atoms with Crippen molar-refractivity contribution in [2.24, 2.45) is 0 Å². The van der Waals surface area contributed by atoms with E-state index < -0.39 is 0 Å². The van der Waals surface area contributed by atoms with Crippen molar-refractivity contribution in [1.29, 1.82) is 0 Å². The van der Waals surface area contributed by atoms with Gasteiger partial charge in [-0.3, -0.25) is 0 Å². The lowest BCUT2D eigenvalue weighted by molar-refractivity contribution is 0.240. The van der Waals surface area contributed by atoms with Crippen LogP contribution in [0.5, 0.6) is 5.75 Å². The topological polar surface area (TPSA) is 50.4 Å². The Balaban J connectivity index is 1.92. The van der Waals surface area contributed by atoms with E-state index in [4.69, 9.17) is 4.74 Å². The molecule has 1 aromatic rings. The molecule has 1 fully saturated rings. The molecule has 1 aliphatic rings. The summed E-state index contributed by atoms with van der Waals surface area (Å²) < 4.78 is 5.71. The number of benzene rings is 1.